The first kappa shape index (κ1) is 15.9. The number of benzene rings is 1. The van der Waals surface area contributed by atoms with Crippen molar-refractivity contribution in [3.05, 3.63) is 42.5 Å². The maximum absolute atomic E-state index is 12.0. The van der Waals surface area contributed by atoms with Crippen molar-refractivity contribution in [2.75, 3.05) is 0 Å². The van der Waals surface area contributed by atoms with Gasteiger partial charge in [-0.2, -0.15) is 8.78 Å². The molecule has 0 heterocycles. The smallest absolute Gasteiger partial charge is 0.387 e. The van der Waals surface area contributed by atoms with Crippen molar-refractivity contribution in [1.29, 1.82) is 0 Å². The van der Waals surface area contributed by atoms with Crippen LogP contribution in [0.2, 0.25) is 0 Å². The van der Waals surface area contributed by atoms with Crippen LogP contribution in [-0.2, 0) is 0 Å². The van der Waals surface area contributed by atoms with E-state index in [1.165, 1.54) is 6.07 Å². The van der Waals surface area contributed by atoms with E-state index in [9.17, 15) is 8.78 Å². The topological polar surface area (TPSA) is 35.2 Å². The van der Waals surface area contributed by atoms with E-state index in [0.29, 0.717) is 0 Å². The fourth-order valence-electron chi connectivity index (χ4n) is 1.39. The number of allylic oxidation sites excluding steroid dienone is 1. The molecule has 0 bridgehead atoms. The summed E-state index contributed by atoms with van der Waals surface area (Å²) in [5.74, 6) is 0.140. The number of ether oxygens (including phenoxy) is 1. The highest BCUT2D eigenvalue weighted by atomic mass is 35.5. The van der Waals surface area contributed by atoms with Gasteiger partial charge in [0.2, 0.25) is 0 Å². The molecule has 1 rings (SSSR count). The number of rotatable bonds is 6. The third-order valence-corrected chi connectivity index (χ3v) is 2.19. The number of alkyl halides is 2. The quantitative estimate of drug-likeness (QED) is 0.795. The molecular formula is C12H16ClF2NO. The zero-order chi connectivity index (χ0) is 12.0. The Labute approximate surface area is 106 Å². The normalized spacial score (nSPS) is 11.8. The Morgan fingerprint density at radius 2 is 2.12 bits per heavy atom. The van der Waals surface area contributed by atoms with Crippen LogP contribution >= 0.6 is 12.4 Å². The highest BCUT2D eigenvalue weighted by Gasteiger charge is 2.08. The van der Waals surface area contributed by atoms with Gasteiger partial charge in [-0.1, -0.05) is 18.2 Å². The Morgan fingerprint density at radius 3 is 2.71 bits per heavy atom. The molecule has 0 aliphatic heterocycles. The fourth-order valence-corrected chi connectivity index (χ4v) is 1.39. The molecule has 0 aliphatic rings. The van der Waals surface area contributed by atoms with Gasteiger partial charge in [-0.05, 0) is 30.5 Å². The summed E-state index contributed by atoms with van der Waals surface area (Å²) in [6, 6.07) is 6.29. The minimum atomic E-state index is -2.81. The molecule has 1 aromatic rings. The van der Waals surface area contributed by atoms with E-state index in [4.69, 9.17) is 5.73 Å². The first-order chi connectivity index (χ1) is 7.63. The molecule has 0 amide bonds. The van der Waals surface area contributed by atoms with Gasteiger partial charge >= 0.3 is 6.61 Å². The summed E-state index contributed by atoms with van der Waals surface area (Å²) in [4.78, 5) is 0. The average Bonchev–Trinajstić information content (AvgIpc) is 2.25. The first-order valence-electron chi connectivity index (χ1n) is 5.04. The van der Waals surface area contributed by atoms with Gasteiger partial charge in [-0.3, -0.25) is 0 Å². The SMILES string of the molecule is C=CCC[C@H](N)c1cccc(OC(F)F)c1.Cl. The second kappa shape index (κ2) is 8.03. The van der Waals surface area contributed by atoms with Crippen molar-refractivity contribution in [2.24, 2.45) is 5.73 Å². The molecule has 0 saturated heterocycles. The van der Waals surface area contributed by atoms with Crippen LogP contribution in [0.5, 0.6) is 5.75 Å². The van der Waals surface area contributed by atoms with E-state index in [1.54, 1.807) is 24.3 Å². The van der Waals surface area contributed by atoms with Crippen LogP contribution in [0.1, 0.15) is 24.4 Å². The van der Waals surface area contributed by atoms with Crippen LogP contribution in [0.25, 0.3) is 0 Å². The Hall–Kier alpha value is -1.13. The second-order valence-electron chi connectivity index (χ2n) is 3.42. The van der Waals surface area contributed by atoms with E-state index in [-0.39, 0.29) is 24.2 Å². The summed E-state index contributed by atoms with van der Waals surface area (Å²) in [5.41, 5.74) is 6.68. The maximum Gasteiger partial charge on any atom is 0.387 e. The second-order valence-corrected chi connectivity index (χ2v) is 3.42. The van der Waals surface area contributed by atoms with E-state index < -0.39 is 6.61 Å². The summed E-state index contributed by atoms with van der Waals surface area (Å²) >= 11 is 0. The van der Waals surface area contributed by atoms with Crippen molar-refractivity contribution in [3.63, 3.8) is 0 Å². The number of hydrogen-bond donors (Lipinski definition) is 1. The number of halogens is 3. The molecule has 96 valence electrons. The van der Waals surface area contributed by atoms with Crippen LogP contribution in [0.15, 0.2) is 36.9 Å². The Kier molecular flexibility index (Phi) is 7.50. The summed E-state index contributed by atoms with van der Waals surface area (Å²) in [6.07, 6.45) is 3.31. The molecule has 0 aromatic heterocycles. The Morgan fingerprint density at radius 1 is 1.41 bits per heavy atom. The zero-order valence-electron chi connectivity index (χ0n) is 9.31. The summed E-state index contributed by atoms with van der Waals surface area (Å²) in [5, 5.41) is 0. The third-order valence-electron chi connectivity index (χ3n) is 2.19. The van der Waals surface area contributed by atoms with E-state index in [0.717, 1.165) is 18.4 Å². The van der Waals surface area contributed by atoms with Crippen LogP contribution < -0.4 is 10.5 Å². The molecule has 17 heavy (non-hydrogen) atoms. The molecule has 0 spiro atoms. The molecule has 2 N–H and O–H groups in total. The van der Waals surface area contributed by atoms with Crippen LogP contribution in [0.4, 0.5) is 8.78 Å². The van der Waals surface area contributed by atoms with Gasteiger partial charge in [0.1, 0.15) is 5.75 Å². The minimum Gasteiger partial charge on any atom is -0.435 e. The largest absolute Gasteiger partial charge is 0.435 e. The van der Waals surface area contributed by atoms with E-state index in [1.807, 2.05) is 0 Å². The molecule has 0 aliphatic carbocycles. The first-order valence-corrected chi connectivity index (χ1v) is 5.04. The average molecular weight is 264 g/mol. The molecule has 1 atom stereocenters. The summed E-state index contributed by atoms with van der Waals surface area (Å²) < 4.78 is 28.3. The summed E-state index contributed by atoms with van der Waals surface area (Å²) in [6.45, 7) is 0.798. The molecule has 5 heteroatoms. The van der Waals surface area contributed by atoms with Crippen molar-refractivity contribution >= 4 is 12.4 Å². The fraction of sp³-hybridized carbons (Fsp3) is 0.333. The highest BCUT2D eigenvalue weighted by Crippen LogP contribution is 2.22. The molecule has 0 saturated carbocycles. The van der Waals surface area contributed by atoms with Crippen molar-refractivity contribution in [3.8, 4) is 5.75 Å². The third kappa shape index (κ3) is 5.65. The molecular weight excluding hydrogens is 248 g/mol. The molecule has 0 fully saturated rings. The molecule has 1 aromatic carbocycles. The Balaban J connectivity index is 0.00000256. The van der Waals surface area contributed by atoms with Gasteiger partial charge in [-0.25, -0.2) is 0 Å². The molecule has 0 radical (unpaired) electrons. The van der Waals surface area contributed by atoms with Gasteiger partial charge in [0.15, 0.2) is 0 Å². The predicted octanol–water partition coefficient (Wildman–Crippen LogP) is 3.68. The molecule has 2 nitrogen and oxygen atoms in total. The zero-order valence-corrected chi connectivity index (χ0v) is 10.1. The number of nitrogens with two attached hydrogens (primary N) is 1. The predicted molar refractivity (Wildman–Crippen MR) is 66.7 cm³/mol. The van der Waals surface area contributed by atoms with Crippen LogP contribution in [0, 0.1) is 0 Å². The molecule has 0 unspecified atom stereocenters. The van der Waals surface area contributed by atoms with Crippen LogP contribution in [0.3, 0.4) is 0 Å². The summed E-state index contributed by atoms with van der Waals surface area (Å²) in [7, 11) is 0. The van der Waals surface area contributed by atoms with E-state index >= 15 is 0 Å². The van der Waals surface area contributed by atoms with Gasteiger partial charge in [0.05, 0.1) is 0 Å². The van der Waals surface area contributed by atoms with Crippen LogP contribution in [-0.4, -0.2) is 6.61 Å². The standard InChI is InChI=1S/C12H15F2NO.ClH/c1-2-3-7-11(15)9-5-4-6-10(8-9)16-12(13)14;/h2,4-6,8,11-12H,1,3,7,15H2;1H/t11-;/m0./s1. The van der Waals surface area contributed by atoms with E-state index in [2.05, 4.69) is 11.3 Å². The lowest BCUT2D eigenvalue weighted by atomic mass is 10.0. The Bertz CT molecular complexity index is 347. The van der Waals surface area contributed by atoms with Gasteiger partial charge < -0.3 is 10.5 Å². The monoisotopic (exact) mass is 263 g/mol. The van der Waals surface area contributed by atoms with Gasteiger partial charge in [0.25, 0.3) is 0 Å². The highest BCUT2D eigenvalue weighted by molar-refractivity contribution is 5.85. The van der Waals surface area contributed by atoms with Gasteiger partial charge in [-0.15, -0.1) is 19.0 Å². The maximum atomic E-state index is 12.0. The van der Waals surface area contributed by atoms with Crippen molar-refractivity contribution in [1.82, 2.24) is 0 Å². The number of hydrogen-bond acceptors (Lipinski definition) is 2. The minimum absolute atomic E-state index is 0. The lowest BCUT2D eigenvalue weighted by Crippen LogP contribution is -2.10. The van der Waals surface area contributed by atoms with Crippen molar-refractivity contribution in [2.45, 2.75) is 25.5 Å². The lowest BCUT2D eigenvalue weighted by molar-refractivity contribution is -0.0498. The lowest BCUT2D eigenvalue weighted by Gasteiger charge is -2.12. The van der Waals surface area contributed by atoms with Crippen molar-refractivity contribution < 1.29 is 13.5 Å². The van der Waals surface area contributed by atoms with Gasteiger partial charge in [0, 0.05) is 6.04 Å².